The Morgan fingerprint density at radius 3 is 2.83 bits per heavy atom. The molecule has 0 radical (unpaired) electrons. The van der Waals surface area contributed by atoms with Crippen LogP contribution in [0.2, 0.25) is 5.02 Å². The van der Waals surface area contributed by atoms with Crippen LogP contribution in [-0.2, 0) is 4.79 Å². The number of nitrogens with one attached hydrogen (secondary N) is 1. The van der Waals surface area contributed by atoms with E-state index in [0.717, 1.165) is 16.9 Å². The van der Waals surface area contributed by atoms with Crippen LogP contribution in [0.3, 0.4) is 0 Å². The molecule has 0 spiro atoms. The molecule has 3 aromatic rings. The van der Waals surface area contributed by atoms with Gasteiger partial charge in [-0.2, -0.15) is 4.98 Å². The van der Waals surface area contributed by atoms with Crippen LogP contribution in [0.5, 0.6) is 5.75 Å². The lowest BCUT2D eigenvalue weighted by atomic mass is 10.0. The van der Waals surface area contributed by atoms with Crippen molar-refractivity contribution in [1.82, 2.24) is 20.4 Å². The van der Waals surface area contributed by atoms with Crippen molar-refractivity contribution in [3.05, 3.63) is 59.2 Å². The first kappa shape index (κ1) is 21.8. The number of benzene rings is 1. The van der Waals surface area contributed by atoms with E-state index < -0.39 is 0 Å². The zero-order chi connectivity index (χ0) is 21.5. The van der Waals surface area contributed by atoms with E-state index in [-0.39, 0.29) is 17.9 Å². The van der Waals surface area contributed by atoms with Crippen molar-refractivity contribution in [2.24, 2.45) is 5.92 Å². The predicted molar refractivity (Wildman–Crippen MR) is 114 cm³/mol. The van der Waals surface area contributed by atoms with E-state index >= 15 is 0 Å². The van der Waals surface area contributed by atoms with Gasteiger partial charge in [-0.3, -0.25) is 9.78 Å². The summed E-state index contributed by atoms with van der Waals surface area (Å²) in [5.41, 5.74) is 1.73. The Morgan fingerprint density at radius 1 is 1.30 bits per heavy atom. The number of hydrogen-bond donors (Lipinski definition) is 1. The number of hydrogen-bond acceptors (Lipinski definition) is 6. The van der Waals surface area contributed by atoms with Crippen molar-refractivity contribution in [2.45, 2.75) is 39.7 Å². The summed E-state index contributed by atoms with van der Waals surface area (Å²) in [5, 5.41) is 7.68. The van der Waals surface area contributed by atoms with Gasteiger partial charge < -0.3 is 14.6 Å². The summed E-state index contributed by atoms with van der Waals surface area (Å²) < 4.78 is 11.2. The Balaban J connectivity index is 1.52. The number of ether oxygens (including phenoxy) is 1. The maximum atomic E-state index is 12.4. The average molecular weight is 429 g/mol. The molecule has 2 heterocycles. The first-order valence-electron chi connectivity index (χ1n) is 9.86. The molecular formula is C22H25ClN4O3. The Hall–Kier alpha value is -2.93. The van der Waals surface area contributed by atoms with Crippen LogP contribution in [0.25, 0.3) is 11.4 Å². The number of nitrogens with zero attached hydrogens (tertiary/aromatic N) is 3. The molecule has 0 aliphatic carbocycles. The maximum Gasteiger partial charge on any atom is 0.249 e. The highest BCUT2D eigenvalue weighted by Crippen LogP contribution is 2.24. The second kappa shape index (κ2) is 10.2. The molecule has 7 nitrogen and oxygen atoms in total. The Morgan fingerprint density at radius 2 is 2.13 bits per heavy atom. The molecule has 0 saturated heterocycles. The van der Waals surface area contributed by atoms with Crippen LogP contribution in [0.15, 0.2) is 47.2 Å². The van der Waals surface area contributed by atoms with Crippen LogP contribution in [0, 0.1) is 12.8 Å². The molecule has 1 unspecified atom stereocenters. The molecule has 2 aromatic heterocycles. The number of aryl methyl sites for hydroxylation is 1. The molecule has 8 heteroatoms. The van der Waals surface area contributed by atoms with Crippen LogP contribution in [0.4, 0.5) is 0 Å². The molecule has 0 aliphatic heterocycles. The third-order valence-corrected chi connectivity index (χ3v) is 4.79. The van der Waals surface area contributed by atoms with Gasteiger partial charge in [-0.05, 0) is 55.2 Å². The van der Waals surface area contributed by atoms with Crippen LogP contribution < -0.4 is 10.1 Å². The molecule has 0 saturated carbocycles. The van der Waals surface area contributed by atoms with E-state index in [0.29, 0.717) is 36.2 Å². The molecule has 158 valence electrons. The molecule has 0 fully saturated rings. The third kappa shape index (κ3) is 5.79. The van der Waals surface area contributed by atoms with Crippen molar-refractivity contribution in [3.63, 3.8) is 0 Å². The van der Waals surface area contributed by atoms with Crippen LogP contribution in [0.1, 0.15) is 44.2 Å². The standard InChI is InChI=1S/C22H25ClN4O3/c1-14(2)20(22-26-21(27-30-22)16-6-4-10-24-13-16)25-19(28)7-5-11-29-18-9-8-17(23)12-15(18)3/h4,6,8-10,12-14,20H,5,7,11H2,1-3H3,(H,25,28). The fourth-order valence-electron chi connectivity index (χ4n) is 2.92. The lowest BCUT2D eigenvalue weighted by molar-refractivity contribution is -0.122. The van der Waals surface area contributed by atoms with Gasteiger partial charge in [0.25, 0.3) is 0 Å². The topological polar surface area (TPSA) is 90.1 Å². The molecule has 0 bridgehead atoms. The van der Waals surface area contributed by atoms with E-state index in [1.165, 1.54) is 0 Å². The van der Waals surface area contributed by atoms with Gasteiger partial charge in [0.1, 0.15) is 11.8 Å². The first-order valence-corrected chi connectivity index (χ1v) is 10.2. The fraction of sp³-hybridized carbons (Fsp3) is 0.364. The SMILES string of the molecule is Cc1cc(Cl)ccc1OCCCC(=O)NC(c1nc(-c2cccnc2)no1)C(C)C. The van der Waals surface area contributed by atoms with Crippen LogP contribution >= 0.6 is 11.6 Å². The van der Waals surface area contributed by atoms with E-state index in [2.05, 4.69) is 20.4 Å². The van der Waals surface area contributed by atoms with Crippen molar-refractivity contribution >= 4 is 17.5 Å². The summed E-state index contributed by atoms with van der Waals surface area (Å²) in [6, 6.07) is 8.76. The zero-order valence-electron chi connectivity index (χ0n) is 17.3. The van der Waals surface area contributed by atoms with Gasteiger partial charge >= 0.3 is 0 Å². The summed E-state index contributed by atoms with van der Waals surface area (Å²) >= 11 is 5.95. The molecule has 30 heavy (non-hydrogen) atoms. The lowest BCUT2D eigenvalue weighted by Crippen LogP contribution is -2.32. The van der Waals surface area contributed by atoms with E-state index in [1.807, 2.05) is 39.0 Å². The highest BCUT2D eigenvalue weighted by Gasteiger charge is 2.24. The lowest BCUT2D eigenvalue weighted by Gasteiger charge is -2.18. The second-order valence-corrected chi connectivity index (χ2v) is 7.79. The Bertz CT molecular complexity index is 976. The minimum atomic E-state index is -0.366. The number of amides is 1. The molecule has 1 amide bonds. The average Bonchev–Trinajstić information content (AvgIpc) is 3.21. The number of carbonyl (C=O) groups excluding carboxylic acids is 1. The number of halogens is 1. The van der Waals surface area contributed by atoms with E-state index in [4.69, 9.17) is 20.9 Å². The summed E-state index contributed by atoms with van der Waals surface area (Å²) in [7, 11) is 0. The van der Waals surface area contributed by atoms with Crippen molar-refractivity contribution in [1.29, 1.82) is 0 Å². The zero-order valence-corrected chi connectivity index (χ0v) is 18.0. The molecule has 1 atom stereocenters. The van der Waals surface area contributed by atoms with Crippen molar-refractivity contribution in [2.75, 3.05) is 6.61 Å². The quantitative estimate of drug-likeness (QED) is 0.494. The maximum absolute atomic E-state index is 12.4. The number of carbonyl (C=O) groups is 1. The summed E-state index contributed by atoms with van der Waals surface area (Å²) in [4.78, 5) is 20.9. The van der Waals surface area contributed by atoms with Crippen molar-refractivity contribution in [3.8, 4) is 17.1 Å². The fourth-order valence-corrected chi connectivity index (χ4v) is 3.15. The highest BCUT2D eigenvalue weighted by atomic mass is 35.5. The third-order valence-electron chi connectivity index (χ3n) is 4.55. The van der Waals surface area contributed by atoms with Gasteiger partial charge in [-0.1, -0.05) is 30.6 Å². The molecule has 1 N–H and O–H groups in total. The summed E-state index contributed by atoms with van der Waals surface area (Å²) in [6.07, 6.45) is 4.27. The number of rotatable bonds is 9. The molecule has 3 rings (SSSR count). The number of aromatic nitrogens is 3. The van der Waals surface area contributed by atoms with Gasteiger partial charge in [0.2, 0.25) is 17.6 Å². The Kier molecular flexibility index (Phi) is 7.41. The summed E-state index contributed by atoms with van der Waals surface area (Å²) in [5.74, 6) is 1.60. The second-order valence-electron chi connectivity index (χ2n) is 7.35. The molecule has 1 aromatic carbocycles. The highest BCUT2D eigenvalue weighted by molar-refractivity contribution is 6.30. The van der Waals surface area contributed by atoms with E-state index in [9.17, 15) is 4.79 Å². The monoisotopic (exact) mass is 428 g/mol. The van der Waals surface area contributed by atoms with Crippen LogP contribution in [-0.4, -0.2) is 27.6 Å². The van der Waals surface area contributed by atoms with Gasteiger partial charge in [-0.25, -0.2) is 0 Å². The largest absolute Gasteiger partial charge is 0.493 e. The smallest absolute Gasteiger partial charge is 0.249 e. The van der Waals surface area contributed by atoms with Gasteiger partial charge in [0, 0.05) is 29.4 Å². The minimum Gasteiger partial charge on any atom is -0.493 e. The van der Waals surface area contributed by atoms with E-state index in [1.54, 1.807) is 24.5 Å². The van der Waals surface area contributed by atoms with Gasteiger partial charge in [0.05, 0.1) is 6.61 Å². The summed E-state index contributed by atoms with van der Waals surface area (Å²) in [6.45, 7) is 6.36. The molecule has 0 aliphatic rings. The normalized spacial score (nSPS) is 12.0. The van der Waals surface area contributed by atoms with Gasteiger partial charge in [0.15, 0.2) is 0 Å². The van der Waals surface area contributed by atoms with Gasteiger partial charge in [-0.15, -0.1) is 0 Å². The van der Waals surface area contributed by atoms with Crippen molar-refractivity contribution < 1.29 is 14.1 Å². The number of pyridine rings is 1. The Labute approximate surface area is 180 Å². The minimum absolute atomic E-state index is 0.0871. The molecular weight excluding hydrogens is 404 g/mol. The first-order chi connectivity index (χ1) is 14.4. The predicted octanol–water partition coefficient (Wildman–Crippen LogP) is 4.77.